The smallest absolute Gasteiger partial charge is 0.326 e. The molecule has 31 heavy (non-hydrogen) atoms. The van der Waals surface area contributed by atoms with Crippen LogP contribution in [0.5, 0.6) is 0 Å². The molecular formula is C23H24N4O4. The molecule has 3 aromatic rings. The number of rotatable bonds is 6. The van der Waals surface area contributed by atoms with Crippen molar-refractivity contribution >= 4 is 34.1 Å². The fourth-order valence-corrected chi connectivity index (χ4v) is 3.56. The second-order valence-corrected chi connectivity index (χ2v) is 7.78. The van der Waals surface area contributed by atoms with Gasteiger partial charge in [-0.2, -0.15) is 0 Å². The van der Waals surface area contributed by atoms with Gasteiger partial charge in [0, 0.05) is 23.8 Å². The summed E-state index contributed by atoms with van der Waals surface area (Å²) < 4.78 is 2.43. The number of carbonyl (C=O) groups is 2. The van der Waals surface area contributed by atoms with Gasteiger partial charge in [-0.05, 0) is 56.5 Å². The van der Waals surface area contributed by atoms with Crippen LogP contribution >= 0.6 is 0 Å². The minimum atomic E-state index is -0.525. The van der Waals surface area contributed by atoms with Gasteiger partial charge in [-0.25, -0.2) is 4.79 Å². The Morgan fingerprint density at radius 1 is 1.03 bits per heavy atom. The molecule has 1 heterocycles. The second-order valence-electron chi connectivity index (χ2n) is 7.78. The highest BCUT2D eigenvalue weighted by Crippen LogP contribution is 2.30. The zero-order chi connectivity index (χ0) is 22.1. The molecule has 1 aromatic heterocycles. The van der Waals surface area contributed by atoms with Gasteiger partial charge < -0.3 is 10.6 Å². The highest BCUT2D eigenvalue weighted by atomic mass is 16.2. The highest BCUT2D eigenvalue weighted by Gasteiger charge is 2.29. The van der Waals surface area contributed by atoms with E-state index in [0.717, 1.165) is 23.0 Å². The summed E-state index contributed by atoms with van der Waals surface area (Å²) in [7, 11) is 0. The number of aromatic nitrogens is 2. The molecule has 1 aliphatic carbocycles. The maximum atomic E-state index is 12.8. The van der Waals surface area contributed by atoms with E-state index in [0.29, 0.717) is 22.3 Å². The van der Waals surface area contributed by atoms with E-state index in [1.165, 1.54) is 4.57 Å². The monoisotopic (exact) mass is 420 g/mol. The predicted octanol–water partition coefficient (Wildman–Crippen LogP) is 2.48. The number of anilines is 2. The molecule has 1 fully saturated rings. The number of fused-ring (bicyclic) bond motifs is 1. The Labute approximate surface area is 178 Å². The van der Waals surface area contributed by atoms with E-state index in [4.69, 9.17) is 0 Å². The molecule has 2 aromatic carbocycles. The van der Waals surface area contributed by atoms with Gasteiger partial charge in [-0.3, -0.25) is 23.5 Å². The van der Waals surface area contributed by atoms with E-state index < -0.39 is 11.6 Å². The Hall–Kier alpha value is -3.68. The fraction of sp³-hybridized carbons (Fsp3) is 0.304. The lowest BCUT2D eigenvalue weighted by molar-refractivity contribution is -0.117. The van der Waals surface area contributed by atoms with Crippen LogP contribution in [-0.4, -0.2) is 20.9 Å². The van der Waals surface area contributed by atoms with Crippen LogP contribution in [0.3, 0.4) is 0 Å². The normalized spacial score (nSPS) is 13.2. The largest absolute Gasteiger partial charge is 0.331 e. The zero-order valence-electron chi connectivity index (χ0n) is 17.5. The molecule has 8 nitrogen and oxygen atoms in total. The van der Waals surface area contributed by atoms with Gasteiger partial charge >= 0.3 is 5.69 Å². The van der Waals surface area contributed by atoms with Crippen molar-refractivity contribution in [2.24, 2.45) is 5.92 Å². The number of hydrogen-bond acceptors (Lipinski definition) is 4. The Balaban J connectivity index is 1.61. The first-order valence-corrected chi connectivity index (χ1v) is 10.3. The molecule has 1 aliphatic rings. The molecule has 4 rings (SSSR count). The van der Waals surface area contributed by atoms with Crippen molar-refractivity contribution in [3.8, 4) is 0 Å². The van der Waals surface area contributed by atoms with E-state index in [1.54, 1.807) is 43.3 Å². The van der Waals surface area contributed by atoms with Crippen LogP contribution in [0.4, 0.5) is 11.4 Å². The van der Waals surface area contributed by atoms with Gasteiger partial charge in [0.1, 0.15) is 6.54 Å². The summed E-state index contributed by atoms with van der Waals surface area (Å²) in [5.41, 5.74) is 1.52. The van der Waals surface area contributed by atoms with Crippen molar-refractivity contribution in [1.82, 2.24) is 9.13 Å². The number of benzene rings is 2. The summed E-state index contributed by atoms with van der Waals surface area (Å²) in [5.74, 6) is -0.336. The Kier molecular flexibility index (Phi) is 5.46. The number of para-hydroxylation sites is 1. The first-order valence-electron chi connectivity index (χ1n) is 10.3. The van der Waals surface area contributed by atoms with E-state index >= 15 is 0 Å². The Morgan fingerprint density at radius 2 is 1.77 bits per heavy atom. The van der Waals surface area contributed by atoms with Crippen LogP contribution in [0.25, 0.3) is 10.9 Å². The number of hydrogen-bond donors (Lipinski definition) is 2. The van der Waals surface area contributed by atoms with Crippen LogP contribution in [0, 0.1) is 12.8 Å². The van der Waals surface area contributed by atoms with Crippen LogP contribution < -0.4 is 21.9 Å². The number of carbonyl (C=O) groups excluding carboxylic acids is 2. The SMILES string of the molecule is CCn1c(=O)c2ccccc2n(CC(=O)Nc2cc(NC(=O)C3CC3)ccc2C)c1=O. The molecule has 0 unspecified atom stereocenters. The van der Waals surface area contributed by atoms with Crippen LogP contribution in [0.1, 0.15) is 25.3 Å². The molecule has 160 valence electrons. The zero-order valence-corrected chi connectivity index (χ0v) is 17.5. The molecule has 1 saturated carbocycles. The van der Waals surface area contributed by atoms with E-state index in [-0.39, 0.29) is 30.5 Å². The second kappa shape index (κ2) is 8.22. The van der Waals surface area contributed by atoms with Crippen molar-refractivity contribution in [1.29, 1.82) is 0 Å². The minimum Gasteiger partial charge on any atom is -0.326 e. The highest BCUT2D eigenvalue weighted by molar-refractivity contribution is 5.96. The van der Waals surface area contributed by atoms with E-state index in [9.17, 15) is 19.2 Å². The summed E-state index contributed by atoms with van der Waals surface area (Å²) in [5, 5.41) is 6.08. The average molecular weight is 420 g/mol. The molecule has 0 radical (unpaired) electrons. The number of nitrogens with zero attached hydrogens (tertiary/aromatic N) is 2. The average Bonchev–Trinajstić information content (AvgIpc) is 3.59. The Morgan fingerprint density at radius 3 is 2.48 bits per heavy atom. The molecular weight excluding hydrogens is 396 g/mol. The van der Waals surface area contributed by atoms with Gasteiger partial charge in [0.05, 0.1) is 10.9 Å². The molecule has 0 atom stereocenters. The molecule has 0 spiro atoms. The molecule has 2 N–H and O–H groups in total. The Bertz CT molecular complexity index is 1300. The quantitative estimate of drug-likeness (QED) is 0.640. The third kappa shape index (κ3) is 4.14. The lowest BCUT2D eigenvalue weighted by atomic mass is 10.1. The summed E-state index contributed by atoms with van der Waals surface area (Å²) in [6.07, 6.45) is 1.81. The number of aryl methyl sites for hydroxylation is 1. The third-order valence-electron chi connectivity index (χ3n) is 5.48. The fourth-order valence-electron chi connectivity index (χ4n) is 3.56. The van der Waals surface area contributed by atoms with Crippen molar-refractivity contribution in [3.05, 3.63) is 68.9 Å². The predicted molar refractivity (Wildman–Crippen MR) is 119 cm³/mol. The van der Waals surface area contributed by atoms with E-state index in [2.05, 4.69) is 10.6 Å². The molecule has 8 heteroatoms. The minimum absolute atomic E-state index is 0.0130. The van der Waals surface area contributed by atoms with Crippen molar-refractivity contribution < 1.29 is 9.59 Å². The molecule has 2 amide bonds. The standard InChI is InChI=1S/C23H24N4O4/c1-3-26-22(30)17-6-4-5-7-19(17)27(23(26)31)13-20(28)25-18-12-16(11-8-14(18)2)24-21(29)15-9-10-15/h4-8,11-12,15H,3,9-10,13H2,1-2H3,(H,24,29)(H,25,28). The third-order valence-corrected chi connectivity index (χ3v) is 5.48. The topological polar surface area (TPSA) is 102 Å². The summed E-state index contributed by atoms with van der Waals surface area (Å²) >= 11 is 0. The van der Waals surface area contributed by atoms with Crippen LogP contribution in [0.2, 0.25) is 0 Å². The van der Waals surface area contributed by atoms with Crippen molar-refractivity contribution in [2.75, 3.05) is 10.6 Å². The lowest BCUT2D eigenvalue weighted by Gasteiger charge is -2.15. The first kappa shape index (κ1) is 20.6. The molecule has 0 aliphatic heterocycles. The van der Waals surface area contributed by atoms with Crippen molar-refractivity contribution in [3.63, 3.8) is 0 Å². The maximum absolute atomic E-state index is 12.8. The molecule has 0 bridgehead atoms. The van der Waals surface area contributed by atoms with Crippen LogP contribution in [0.15, 0.2) is 52.1 Å². The lowest BCUT2D eigenvalue weighted by Crippen LogP contribution is -2.41. The van der Waals surface area contributed by atoms with Crippen LogP contribution in [-0.2, 0) is 22.7 Å². The van der Waals surface area contributed by atoms with Gasteiger partial charge in [-0.15, -0.1) is 0 Å². The summed E-state index contributed by atoms with van der Waals surface area (Å²) in [6, 6.07) is 12.1. The van der Waals surface area contributed by atoms with Gasteiger partial charge in [-0.1, -0.05) is 18.2 Å². The van der Waals surface area contributed by atoms with Crippen molar-refractivity contribution in [2.45, 2.75) is 39.8 Å². The summed E-state index contributed by atoms with van der Waals surface area (Å²) in [4.78, 5) is 50.2. The summed E-state index contributed by atoms with van der Waals surface area (Å²) in [6.45, 7) is 3.54. The molecule has 0 saturated heterocycles. The van der Waals surface area contributed by atoms with Gasteiger partial charge in [0.25, 0.3) is 5.56 Å². The van der Waals surface area contributed by atoms with E-state index in [1.807, 2.05) is 13.0 Å². The first-order chi connectivity index (χ1) is 14.9. The maximum Gasteiger partial charge on any atom is 0.331 e. The number of nitrogens with one attached hydrogen (secondary N) is 2. The number of amides is 2. The van der Waals surface area contributed by atoms with Gasteiger partial charge in [0.15, 0.2) is 0 Å². The van der Waals surface area contributed by atoms with Gasteiger partial charge in [0.2, 0.25) is 11.8 Å².